The molecule has 170 valence electrons. The number of fused-ring (bicyclic) bond motifs is 1. The SMILES string of the molecule is COc1ncc(-c2cc(C)c3c(n2)CN(c2cnn(C(C)(C)C#N)c2)C3=O)cc1OC(C)C. The molecule has 0 fully saturated rings. The number of hydrogen-bond donors (Lipinski definition) is 0. The Hall–Kier alpha value is -3.93. The number of methoxy groups -OCH3 is 1. The zero-order chi connectivity index (χ0) is 23.9. The summed E-state index contributed by atoms with van der Waals surface area (Å²) in [6, 6.07) is 5.94. The van der Waals surface area contributed by atoms with Crippen LogP contribution in [0.25, 0.3) is 11.3 Å². The van der Waals surface area contributed by atoms with Gasteiger partial charge in [-0.1, -0.05) is 0 Å². The third-order valence-electron chi connectivity index (χ3n) is 5.46. The molecule has 3 aromatic rings. The molecule has 9 heteroatoms. The molecule has 0 bridgehead atoms. The first-order valence-corrected chi connectivity index (χ1v) is 10.6. The molecule has 9 nitrogen and oxygen atoms in total. The van der Waals surface area contributed by atoms with Gasteiger partial charge in [-0.25, -0.2) is 4.98 Å². The summed E-state index contributed by atoms with van der Waals surface area (Å²) < 4.78 is 12.7. The monoisotopic (exact) mass is 446 g/mol. The third-order valence-corrected chi connectivity index (χ3v) is 5.46. The molecule has 0 saturated heterocycles. The summed E-state index contributed by atoms with van der Waals surface area (Å²) in [4.78, 5) is 24.0. The van der Waals surface area contributed by atoms with Crippen molar-refractivity contribution in [2.75, 3.05) is 12.0 Å². The average molecular weight is 447 g/mol. The van der Waals surface area contributed by atoms with Crippen LogP contribution in [0.5, 0.6) is 11.6 Å². The highest BCUT2D eigenvalue weighted by Gasteiger charge is 2.33. The van der Waals surface area contributed by atoms with Gasteiger partial charge in [-0.05, 0) is 52.3 Å². The Balaban J connectivity index is 1.69. The first kappa shape index (κ1) is 22.3. The number of anilines is 1. The largest absolute Gasteiger partial charge is 0.485 e. The lowest BCUT2D eigenvalue weighted by Gasteiger charge is -2.16. The molecule has 0 N–H and O–H groups in total. The Bertz CT molecular complexity index is 1270. The summed E-state index contributed by atoms with van der Waals surface area (Å²) >= 11 is 0. The summed E-state index contributed by atoms with van der Waals surface area (Å²) in [5.74, 6) is 0.812. The van der Waals surface area contributed by atoms with Crippen molar-refractivity contribution in [3.63, 3.8) is 0 Å². The number of nitrogens with zero attached hydrogens (tertiary/aromatic N) is 6. The number of ether oxygens (including phenoxy) is 2. The Morgan fingerprint density at radius 1 is 1.24 bits per heavy atom. The maximum absolute atomic E-state index is 13.2. The van der Waals surface area contributed by atoms with E-state index in [9.17, 15) is 10.1 Å². The van der Waals surface area contributed by atoms with E-state index in [0.29, 0.717) is 40.8 Å². The van der Waals surface area contributed by atoms with Gasteiger partial charge in [-0.3, -0.25) is 19.4 Å². The summed E-state index contributed by atoms with van der Waals surface area (Å²) in [6.07, 6.45) is 4.96. The van der Waals surface area contributed by atoms with Gasteiger partial charge < -0.3 is 9.47 Å². The van der Waals surface area contributed by atoms with Crippen molar-refractivity contribution in [2.45, 2.75) is 52.8 Å². The van der Waals surface area contributed by atoms with E-state index < -0.39 is 5.54 Å². The minimum absolute atomic E-state index is 0.0382. The van der Waals surface area contributed by atoms with E-state index in [1.54, 1.807) is 49.1 Å². The van der Waals surface area contributed by atoms with E-state index in [2.05, 4.69) is 16.2 Å². The molecule has 4 heterocycles. The fourth-order valence-corrected chi connectivity index (χ4v) is 3.73. The van der Waals surface area contributed by atoms with Crippen molar-refractivity contribution in [3.05, 3.63) is 47.5 Å². The predicted molar refractivity (Wildman–Crippen MR) is 122 cm³/mol. The number of aromatic nitrogens is 4. The van der Waals surface area contributed by atoms with Crippen LogP contribution in [0, 0.1) is 18.3 Å². The van der Waals surface area contributed by atoms with Gasteiger partial charge in [0.1, 0.15) is 5.54 Å². The highest BCUT2D eigenvalue weighted by atomic mass is 16.5. The van der Waals surface area contributed by atoms with Gasteiger partial charge in [0.05, 0.1) is 60.9 Å². The average Bonchev–Trinajstić information content (AvgIpc) is 3.39. The molecule has 0 spiro atoms. The molecule has 0 aliphatic carbocycles. The van der Waals surface area contributed by atoms with Crippen LogP contribution in [-0.4, -0.2) is 38.9 Å². The predicted octanol–water partition coefficient (Wildman–Crippen LogP) is 3.86. The van der Waals surface area contributed by atoms with E-state index in [1.807, 2.05) is 32.9 Å². The summed E-state index contributed by atoms with van der Waals surface area (Å²) in [7, 11) is 1.55. The maximum Gasteiger partial charge on any atom is 0.260 e. The number of amides is 1. The summed E-state index contributed by atoms with van der Waals surface area (Å²) in [5.41, 5.74) is 3.38. The first-order chi connectivity index (χ1) is 15.6. The maximum atomic E-state index is 13.2. The molecule has 0 radical (unpaired) electrons. The molecule has 0 atom stereocenters. The van der Waals surface area contributed by atoms with Crippen molar-refractivity contribution >= 4 is 11.6 Å². The van der Waals surface area contributed by atoms with Gasteiger partial charge in [0.15, 0.2) is 5.75 Å². The van der Waals surface area contributed by atoms with Crippen molar-refractivity contribution in [1.29, 1.82) is 5.26 Å². The van der Waals surface area contributed by atoms with Crippen LogP contribution in [0.3, 0.4) is 0 Å². The summed E-state index contributed by atoms with van der Waals surface area (Å²) in [5, 5.41) is 13.7. The Kier molecular flexibility index (Phi) is 5.54. The fourth-order valence-electron chi connectivity index (χ4n) is 3.73. The number of nitriles is 1. The van der Waals surface area contributed by atoms with E-state index >= 15 is 0 Å². The van der Waals surface area contributed by atoms with Crippen LogP contribution in [-0.2, 0) is 12.1 Å². The lowest BCUT2D eigenvalue weighted by atomic mass is 10.0. The summed E-state index contributed by atoms with van der Waals surface area (Å²) in [6.45, 7) is 9.62. The van der Waals surface area contributed by atoms with Gasteiger partial charge in [0, 0.05) is 11.8 Å². The number of pyridine rings is 2. The number of carbonyl (C=O) groups excluding carboxylic acids is 1. The topological polar surface area (TPSA) is 106 Å². The molecule has 3 aromatic heterocycles. The second kappa shape index (κ2) is 8.20. The lowest BCUT2D eigenvalue weighted by molar-refractivity contribution is 0.0996. The standard InChI is InChI=1S/C24H26N6O3/c1-14(2)33-20-8-16(9-26-22(20)32-6)18-7-15(3)21-19(28-18)12-29(23(21)31)17-10-27-30(11-17)24(4,5)13-25/h7-11,14H,12H2,1-6H3. The van der Waals surface area contributed by atoms with Crippen molar-refractivity contribution in [1.82, 2.24) is 19.7 Å². The van der Waals surface area contributed by atoms with Crippen molar-refractivity contribution in [2.24, 2.45) is 0 Å². The quantitative estimate of drug-likeness (QED) is 0.566. The van der Waals surface area contributed by atoms with Crippen molar-refractivity contribution in [3.8, 4) is 29.0 Å². The zero-order valence-electron chi connectivity index (χ0n) is 19.6. The van der Waals surface area contributed by atoms with Crippen LogP contribution in [0.4, 0.5) is 5.69 Å². The molecule has 1 amide bonds. The van der Waals surface area contributed by atoms with E-state index in [4.69, 9.17) is 14.5 Å². The van der Waals surface area contributed by atoms with Crippen LogP contribution in [0.1, 0.15) is 49.3 Å². The van der Waals surface area contributed by atoms with Crippen molar-refractivity contribution < 1.29 is 14.3 Å². The molecular weight excluding hydrogens is 420 g/mol. The van der Waals surface area contributed by atoms with Crippen LogP contribution < -0.4 is 14.4 Å². The lowest BCUT2D eigenvalue weighted by Crippen LogP contribution is -2.25. The molecule has 4 rings (SSSR count). The molecular formula is C24H26N6O3. The van der Waals surface area contributed by atoms with Crippen LogP contribution in [0.15, 0.2) is 30.7 Å². The molecule has 33 heavy (non-hydrogen) atoms. The third kappa shape index (κ3) is 4.00. The van der Waals surface area contributed by atoms with Gasteiger partial charge in [-0.2, -0.15) is 10.4 Å². The number of aryl methyl sites for hydroxylation is 1. The van der Waals surface area contributed by atoms with Gasteiger partial charge in [0.25, 0.3) is 11.8 Å². The zero-order valence-corrected chi connectivity index (χ0v) is 19.6. The van der Waals surface area contributed by atoms with Crippen LogP contribution >= 0.6 is 0 Å². The van der Waals surface area contributed by atoms with E-state index in [-0.39, 0.29) is 12.0 Å². The Morgan fingerprint density at radius 2 is 2.00 bits per heavy atom. The molecule has 0 unspecified atom stereocenters. The normalized spacial score (nSPS) is 13.3. The molecule has 0 aromatic carbocycles. The van der Waals surface area contributed by atoms with Gasteiger partial charge in [0.2, 0.25) is 0 Å². The number of hydrogen-bond acceptors (Lipinski definition) is 7. The van der Waals surface area contributed by atoms with Crippen LogP contribution in [0.2, 0.25) is 0 Å². The Labute approximate surface area is 192 Å². The molecule has 0 saturated carbocycles. The van der Waals surface area contributed by atoms with E-state index in [1.165, 1.54) is 0 Å². The Morgan fingerprint density at radius 3 is 2.67 bits per heavy atom. The first-order valence-electron chi connectivity index (χ1n) is 10.6. The second-order valence-corrected chi connectivity index (χ2v) is 8.75. The second-order valence-electron chi connectivity index (χ2n) is 8.75. The highest BCUT2D eigenvalue weighted by molar-refractivity contribution is 6.10. The smallest absolute Gasteiger partial charge is 0.260 e. The minimum Gasteiger partial charge on any atom is -0.485 e. The highest BCUT2D eigenvalue weighted by Crippen LogP contribution is 2.34. The van der Waals surface area contributed by atoms with Gasteiger partial charge >= 0.3 is 0 Å². The number of rotatable bonds is 6. The number of carbonyl (C=O) groups is 1. The fraction of sp³-hybridized carbons (Fsp3) is 0.375. The van der Waals surface area contributed by atoms with Gasteiger partial charge in [-0.15, -0.1) is 0 Å². The molecule has 1 aliphatic rings. The van der Waals surface area contributed by atoms with E-state index in [0.717, 1.165) is 11.1 Å². The molecule has 1 aliphatic heterocycles. The minimum atomic E-state index is -0.813.